The predicted octanol–water partition coefficient (Wildman–Crippen LogP) is 0.773. The number of aliphatic hydroxyl groups excluding tert-OH is 1. The van der Waals surface area contributed by atoms with Crippen molar-refractivity contribution in [1.29, 1.82) is 0 Å². The minimum absolute atomic E-state index is 0.352. The Morgan fingerprint density at radius 3 is 2.62 bits per heavy atom. The highest BCUT2D eigenvalue weighted by atomic mass is 16.5. The second kappa shape index (κ2) is 7.78. The quantitative estimate of drug-likeness (QED) is 0.814. The SMILES string of the molecule is Cc1cc(OC[C@H](O)C[NH+]2CCOCC2)ccc1C(C)C. The number of morpholine rings is 1. The van der Waals surface area contributed by atoms with Gasteiger partial charge in [-0.15, -0.1) is 0 Å². The molecule has 0 aromatic heterocycles. The summed E-state index contributed by atoms with van der Waals surface area (Å²) < 4.78 is 11.1. The van der Waals surface area contributed by atoms with Gasteiger partial charge in [0.25, 0.3) is 0 Å². The van der Waals surface area contributed by atoms with Gasteiger partial charge < -0.3 is 19.5 Å². The van der Waals surface area contributed by atoms with E-state index in [1.165, 1.54) is 16.0 Å². The number of rotatable bonds is 6. The Kier molecular flexibility index (Phi) is 6.03. The Morgan fingerprint density at radius 1 is 1.29 bits per heavy atom. The fraction of sp³-hybridized carbons (Fsp3) is 0.647. The number of aliphatic hydroxyl groups is 1. The van der Waals surface area contributed by atoms with Gasteiger partial charge in [0, 0.05) is 0 Å². The van der Waals surface area contributed by atoms with Crippen LogP contribution in [0.1, 0.15) is 30.9 Å². The Labute approximate surface area is 127 Å². The fourth-order valence-corrected chi connectivity index (χ4v) is 2.83. The van der Waals surface area contributed by atoms with Crippen molar-refractivity contribution in [2.45, 2.75) is 32.8 Å². The molecule has 118 valence electrons. The van der Waals surface area contributed by atoms with Crippen molar-refractivity contribution in [3.8, 4) is 5.75 Å². The van der Waals surface area contributed by atoms with Crippen LogP contribution in [0.4, 0.5) is 0 Å². The van der Waals surface area contributed by atoms with Gasteiger partial charge >= 0.3 is 0 Å². The molecule has 1 fully saturated rings. The number of ether oxygens (including phenoxy) is 2. The second-order valence-electron chi connectivity index (χ2n) is 6.20. The number of hydrogen-bond donors (Lipinski definition) is 2. The molecule has 0 bridgehead atoms. The Hall–Kier alpha value is -1.10. The summed E-state index contributed by atoms with van der Waals surface area (Å²) >= 11 is 0. The number of quaternary nitrogens is 1. The lowest BCUT2D eigenvalue weighted by atomic mass is 9.98. The van der Waals surface area contributed by atoms with Crippen LogP contribution < -0.4 is 9.64 Å². The van der Waals surface area contributed by atoms with Gasteiger partial charge in [0.1, 0.15) is 38.1 Å². The zero-order valence-electron chi connectivity index (χ0n) is 13.4. The maximum Gasteiger partial charge on any atom is 0.137 e. The highest BCUT2D eigenvalue weighted by Gasteiger charge is 2.18. The molecule has 0 radical (unpaired) electrons. The van der Waals surface area contributed by atoms with Crippen LogP contribution in [0, 0.1) is 6.92 Å². The molecule has 2 rings (SSSR count). The molecule has 2 N–H and O–H groups in total. The molecule has 1 saturated heterocycles. The topological polar surface area (TPSA) is 43.1 Å². The van der Waals surface area contributed by atoms with E-state index in [1.807, 2.05) is 6.07 Å². The van der Waals surface area contributed by atoms with E-state index < -0.39 is 6.10 Å². The Bertz CT molecular complexity index is 442. The van der Waals surface area contributed by atoms with Crippen LogP contribution in [0.25, 0.3) is 0 Å². The third-order valence-corrected chi connectivity index (χ3v) is 4.03. The lowest BCUT2D eigenvalue weighted by Gasteiger charge is -2.25. The summed E-state index contributed by atoms with van der Waals surface area (Å²) in [5.74, 6) is 1.36. The highest BCUT2D eigenvalue weighted by molar-refractivity contribution is 5.36. The molecule has 1 aromatic carbocycles. The number of benzene rings is 1. The smallest absolute Gasteiger partial charge is 0.137 e. The van der Waals surface area contributed by atoms with E-state index in [9.17, 15) is 5.11 Å². The molecule has 1 aliphatic rings. The lowest BCUT2D eigenvalue weighted by molar-refractivity contribution is -0.911. The summed E-state index contributed by atoms with van der Waals surface area (Å²) in [7, 11) is 0. The van der Waals surface area contributed by atoms with E-state index in [4.69, 9.17) is 9.47 Å². The van der Waals surface area contributed by atoms with Crippen LogP contribution in [-0.2, 0) is 4.74 Å². The molecule has 1 aliphatic heterocycles. The van der Waals surface area contributed by atoms with Crippen LogP contribution >= 0.6 is 0 Å². The molecule has 0 unspecified atom stereocenters. The first kappa shape index (κ1) is 16.3. The molecule has 0 spiro atoms. The Balaban J connectivity index is 1.80. The van der Waals surface area contributed by atoms with Crippen LogP contribution in [-0.4, -0.2) is 50.7 Å². The maximum atomic E-state index is 10.1. The summed E-state index contributed by atoms with van der Waals surface area (Å²) in [6.45, 7) is 11.1. The number of nitrogens with one attached hydrogen (secondary N) is 1. The molecule has 21 heavy (non-hydrogen) atoms. The van der Waals surface area contributed by atoms with Crippen molar-refractivity contribution in [2.24, 2.45) is 0 Å². The first-order chi connectivity index (χ1) is 10.1. The van der Waals surface area contributed by atoms with E-state index >= 15 is 0 Å². The van der Waals surface area contributed by atoms with Crippen molar-refractivity contribution < 1.29 is 19.5 Å². The van der Waals surface area contributed by atoms with E-state index in [-0.39, 0.29) is 0 Å². The molecular weight excluding hydrogens is 266 g/mol. The summed E-state index contributed by atoms with van der Waals surface area (Å²) in [5.41, 5.74) is 2.59. The van der Waals surface area contributed by atoms with Crippen molar-refractivity contribution in [3.05, 3.63) is 29.3 Å². The zero-order valence-corrected chi connectivity index (χ0v) is 13.4. The first-order valence-electron chi connectivity index (χ1n) is 7.89. The van der Waals surface area contributed by atoms with Gasteiger partial charge in [-0.1, -0.05) is 19.9 Å². The van der Waals surface area contributed by atoms with E-state index in [1.54, 1.807) is 0 Å². The zero-order chi connectivity index (χ0) is 15.2. The molecule has 0 amide bonds. The minimum atomic E-state index is -0.428. The van der Waals surface area contributed by atoms with Crippen LogP contribution in [0.2, 0.25) is 0 Å². The highest BCUT2D eigenvalue weighted by Crippen LogP contribution is 2.23. The second-order valence-corrected chi connectivity index (χ2v) is 6.20. The first-order valence-corrected chi connectivity index (χ1v) is 7.89. The standard InChI is InChI=1S/C17H27NO3/c1-13(2)17-5-4-16(10-14(17)3)21-12-15(19)11-18-6-8-20-9-7-18/h4-5,10,13,15,19H,6-9,11-12H2,1-3H3/p+1/t15-/m1/s1. The van der Waals surface area contributed by atoms with E-state index in [2.05, 4.69) is 32.9 Å². The fourth-order valence-electron chi connectivity index (χ4n) is 2.83. The third kappa shape index (κ3) is 4.99. The Morgan fingerprint density at radius 2 is 2.00 bits per heavy atom. The van der Waals surface area contributed by atoms with Crippen molar-refractivity contribution >= 4 is 0 Å². The van der Waals surface area contributed by atoms with Crippen molar-refractivity contribution in [2.75, 3.05) is 39.5 Å². The molecule has 4 nitrogen and oxygen atoms in total. The molecule has 0 saturated carbocycles. The summed E-state index contributed by atoms with van der Waals surface area (Å²) in [5, 5.41) is 10.1. The van der Waals surface area contributed by atoms with Crippen LogP contribution in [0.3, 0.4) is 0 Å². The summed E-state index contributed by atoms with van der Waals surface area (Å²) in [6.07, 6.45) is -0.428. The number of aryl methyl sites for hydroxylation is 1. The average Bonchev–Trinajstić information content (AvgIpc) is 2.46. The van der Waals surface area contributed by atoms with Gasteiger partial charge in [0.05, 0.1) is 13.2 Å². The predicted molar refractivity (Wildman–Crippen MR) is 83.2 cm³/mol. The monoisotopic (exact) mass is 294 g/mol. The largest absolute Gasteiger partial charge is 0.491 e. The maximum absolute atomic E-state index is 10.1. The van der Waals surface area contributed by atoms with Crippen LogP contribution in [0.5, 0.6) is 5.75 Å². The van der Waals surface area contributed by atoms with Crippen molar-refractivity contribution in [1.82, 2.24) is 0 Å². The normalized spacial score (nSPS) is 18.0. The number of hydrogen-bond acceptors (Lipinski definition) is 3. The van der Waals surface area contributed by atoms with Gasteiger partial charge in [-0.2, -0.15) is 0 Å². The molecule has 1 heterocycles. The average molecular weight is 294 g/mol. The van der Waals surface area contributed by atoms with Gasteiger partial charge in [-0.3, -0.25) is 0 Å². The third-order valence-electron chi connectivity index (χ3n) is 4.03. The van der Waals surface area contributed by atoms with E-state index in [0.29, 0.717) is 12.5 Å². The van der Waals surface area contributed by atoms with Crippen molar-refractivity contribution in [3.63, 3.8) is 0 Å². The van der Waals surface area contributed by atoms with Gasteiger partial charge in [0.2, 0.25) is 0 Å². The molecule has 1 atom stereocenters. The minimum Gasteiger partial charge on any atom is -0.491 e. The van der Waals surface area contributed by atoms with E-state index in [0.717, 1.165) is 38.6 Å². The van der Waals surface area contributed by atoms with Crippen LogP contribution in [0.15, 0.2) is 18.2 Å². The van der Waals surface area contributed by atoms with Gasteiger partial charge in [-0.25, -0.2) is 0 Å². The molecule has 4 heteroatoms. The van der Waals surface area contributed by atoms with Gasteiger partial charge in [-0.05, 0) is 36.1 Å². The molecule has 0 aliphatic carbocycles. The molecular formula is C17H28NO3+. The van der Waals surface area contributed by atoms with Gasteiger partial charge in [0.15, 0.2) is 0 Å². The summed E-state index contributed by atoms with van der Waals surface area (Å²) in [6, 6.07) is 6.18. The summed E-state index contributed by atoms with van der Waals surface area (Å²) in [4.78, 5) is 1.39. The lowest BCUT2D eigenvalue weighted by Crippen LogP contribution is -3.15. The molecule has 1 aromatic rings.